The maximum Gasteiger partial charge on any atom is 0.352 e. The van der Waals surface area contributed by atoms with Crippen LogP contribution in [0.3, 0.4) is 0 Å². The van der Waals surface area contributed by atoms with E-state index in [1.54, 1.807) is 0 Å². The van der Waals surface area contributed by atoms with Crippen LogP contribution in [0.15, 0.2) is 17.2 Å². The molecule has 0 aliphatic carbocycles. The normalized spacial score (nSPS) is 17.2. The lowest BCUT2D eigenvalue weighted by molar-refractivity contribution is 0.0677. The number of hydrogen-bond donors (Lipinski definition) is 2. The van der Waals surface area contributed by atoms with Crippen LogP contribution >= 0.6 is 0 Å². The van der Waals surface area contributed by atoms with E-state index in [4.69, 9.17) is 9.84 Å². The first-order chi connectivity index (χ1) is 9.40. The molecular weight excluding hydrogens is 284 g/mol. The first-order valence-corrected chi connectivity index (χ1v) is 7.85. The second-order valence-corrected chi connectivity index (χ2v) is 6.65. The third-order valence-electron chi connectivity index (χ3n) is 3.41. The Morgan fingerprint density at radius 3 is 2.70 bits per heavy atom. The predicted molar refractivity (Wildman–Crippen MR) is 71.1 cm³/mol. The van der Waals surface area contributed by atoms with Crippen molar-refractivity contribution in [2.75, 3.05) is 19.8 Å². The Kier molecular flexibility index (Phi) is 4.46. The standard InChI is InChI=1S/C12H18N2O5S/c1-14-8-10(6-11(14)12(15)16)20(17,18)13-7-9-2-4-19-5-3-9/h6,8-9,13H,2-5,7H2,1H3,(H,15,16). The molecule has 1 aliphatic heterocycles. The summed E-state index contributed by atoms with van der Waals surface area (Å²) in [6.45, 7) is 1.66. The third kappa shape index (κ3) is 3.38. The smallest absolute Gasteiger partial charge is 0.352 e. The number of nitrogens with one attached hydrogen (secondary N) is 1. The van der Waals surface area contributed by atoms with Crippen LogP contribution in [0.2, 0.25) is 0 Å². The SMILES string of the molecule is Cn1cc(S(=O)(=O)NCC2CCOCC2)cc1C(=O)O. The zero-order chi connectivity index (χ0) is 14.8. The van der Waals surface area contributed by atoms with E-state index in [9.17, 15) is 13.2 Å². The molecule has 0 bridgehead atoms. The van der Waals surface area contributed by atoms with Crippen LogP contribution in [0.5, 0.6) is 0 Å². The zero-order valence-corrected chi connectivity index (χ0v) is 12.0. The molecule has 0 spiro atoms. The van der Waals surface area contributed by atoms with Gasteiger partial charge in [-0.05, 0) is 24.8 Å². The zero-order valence-electron chi connectivity index (χ0n) is 11.2. The summed E-state index contributed by atoms with van der Waals surface area (Å²) in [5.41, 5.74) is -0.0589. The monoisotopic (exact) mass is 302 g/mol. The number of carboxylic acids is 1. The van der Waals surface area contributed by atoms with Crippen molar-refractivity contribution in [3.63, 3.8) is 0 Å². The average molecular weight is 302 g/mol. The average Bonchev–Trinajstić information content (AvgIpc) is 2.81. The first kappa shape index (κ1) is 15.0. The summed E-state index contributed by atoms with van der Waals surface area (Å²) < 4.78 is 33.3. The van der Waals surface area contributed by atoms with Crippen LogP contribution in [-0.2, 0) is 21.8 Å². The van der Waals surface area contributed by atoms with Crippen molar-refractivity contribution in [2.24, 2.45) is 13.0 Å². The van der Waals surface area contributed by atoms with E-state index in [0.29, 0.717) is 19.8 Å². The minimum absolute atomic E-state index is 0.0236. The number of ether oxygens (including phenoxy) is 1. The highest BCUT2D eigenvalue weighted by atomic mass is 32.2. The highest BCUT2D eigenvalue weighted by Crippen LogP contribution is 2.16. The lowest BCUT2D eigenvalue weighted by Gasteiger charge is -2.21. The largest absolute Gasteiger partial charge is 0.477 e. The molecular formula is C12H18N2O5S. The molecule has 1 saturated heterocycles. The van der Waals surface area contributed by atoms with Crippen LogP contribution in [0.1, 0.15) is 23.3 Å². The Morgan fingerprint density at radius 2 is 2.15 bits per heavy atom. The van der Waals surface area contributed by atoms with Gasteiger partial charge in [-0.2, -0.15) is 0 Å². The van der Waals surface area contributed by atoms with Gasteiger partial charge in [0.15, 0.2) is 0 Å². The van der Waals surface area contributed by atoms with E-state index in [1.807, 2.05) is 0 Å². The Hall–Kier alpha value is -1.38. The predicted octanol–water partition coefficient (Wildman–Crippen LogP) is 0.428. The molecule has 1 aliphatic rings. The van der Waals surface area contributed by atoms with Crippen molar-refractivity contribution >= 4 is 16.0 Å². The highest BCUT2D eigenvalue weighted by Gasteiger charge is 2.22. The van der Waals surface area contributed by atoms with Gasteiger partial charge in [0.05, 0.1) is 0 Å². The van der Waals surface area contributed by atoms with Crippen molar-refractivity contribution in [3.8, 4) is 0 Å². The summed E-state index contributed by atoms with van der Waals surface area (Å²) in [6.07, 6.45) is 2.96. The van der Waals surface area contributed by atoms with Crippen molar-refractivity contribution in [3.05, 3.63) is 18.0 Å². The number of carboxylic acid groups (broad SMARTS) is 1. The first-order valence-electron chi connectivity index (χ1n) is 6.37. The fourth-order valence-electron chi connectivity index (χ4n) is 2.16. The van der Waals surface area contributed by atoms with Crippen LogP contribution in [0.25, 0.3) is 0 Å². The van der Waals surface area contributed by atoms with Crippen molar-refractivity contribution in [2.45, 2.75) is 17.7 Å². The summed E-state index contributed by atoms with van der Waals surface area (Å²) in [4.78, 5) is 10.9. The molecule has 0 aromatic carbocycles. The Morgan fingerprint density at radius 1 is 1.50 bits per heavy atom. The van der Waals surface area contributed by atoms with Gasteiger partial charge in [0.1, 0.15) is 10.6 Å². The van der Waals surface area contributed by atoms with E-state index in [0.717, 1.165) is 18.9 Å². The van der Waals surface area contributed by atoms with Crippen LogP contribution in [0, 0.1) is 5.92 Å². The summed E-state index contributed by atoms with van der Waals surface area (Å²) in [5, 5.41) is 8.93. The second-order valence-electron chi connectivity index (χ2n) is 4.88. The molecule has 2 N–H and O–H groups in total. The topological polar surface area (TPSA) is 97.6 Å². The van der Waals surface area contributed by atoms with Gasteiger partial charge in [-0.1, -0.05) is 0 Å². The van der Waals surface area contributed by atoms with Gasteiger partial charge in [-0.25, -0.2) is 17.9 Å². The Bertz CT molecular complexity index is 587. The number of aryl methyl sites for hydroxylation is 1. The van der Waals surface area contributed by atoms with Crippen molar-refractivity contribution < 1.29 is 23.1 Å². The molecule has 0 saturated carbocycles. The summed E-state index contributed by atoms with van der Waals surface area (Å²) >= 11 is 0. The van der Waals surface area contributed by atoms with Crippen LogP contribution in [0.4, 0.5) is 0 Å². The van der Waals surface area contributed by atoms with Crippen molar-refractivity contribution in [1.82, 2.24) is 9.29 Å². The molecule has 2 rings (SSSR count). The molecule has 0 unspecified atom stereocenters. The molecule has 20 heavy (non-hydrogen) atoms. The Labute approximate surface area is 117 Å². The molecule has 1 aromatic rings. The number of aromatic carboxylic acids is 1. The van der Waals surface area contributed by atoms with Gasteiger partial charge in [-0.15, -0.1) is 0 Å². The van der Waals surface area contributed by atoms with E-state index < -0.39 is 16.0 Å². The van der Waals surface area contributed by atoms with Gasteiger partial charge in [0.25, 0.3) is 0 Å². The summed E-state index contributed by atoms with van der Waals surface area (Å²) in [6, 6.07) is 1.16. The highest BCUT2D eigenvalue weighted by molar-refractivity contribution is 7.89. The molecule has 0 amide bonds. The number of sulfonamides is 1. The number of nitrogens with zero attached hydrogens (tertiary/aromatic N) is 1. The van der Waals surface area contributed by atoms with Gasteiger partial charge in [-0.3, -0.25) is 0 Å². The minimum Gasteiger partial charge on any atom is -0.477 e. The van der Waals surface area contributed by atoms with Gasteiger partial charge < -0.3 is 14.4 Å². The maximum atomic E-state index is 12.1. The fourth-order valence-corrected chi connectivity index (χ4v) is 3.34. The van der Waals surface area contributed by atoms with E-state index in [-0.39, 0.29) is 16.5 Å². The van der Waals surface area contributed by atoms with Crippen LogP contribution in [-0.4, -0.2) is 43.8 Å². The Balaban J connectivity index is 2.06. The van der Waals surface area contributed by atoms with E-state index in [1.165, 1.54) is 17.8 Å². The number of aromatic nitrogens is 1. The molecule has 0 radical (unpaired) electrons. The lowest BCUT2D eigenvalue weighted by Crippen LogP contribution is -2.32. The van der Waals surface area contributed by atoms with Crippen LogP contribution < -0.4 is 4.72 Å². The minimum atomic E-state index is -3.67. The summed E-state index contributed by atoms with van der Waals surface area (Å²) in [7, 11) is -2.17. The van der Waals surface area contributed by atoms with Gasteiger partial charge in [0, 0.05) is 33.0 Å². The summed E-state index contributed by atoms with van der Waals surface area (Å²) in [5.74, 6) is -0.889. The van der Waals surface area contributed by atoms with E-state index in [2.05, 4.69) is 4.72 Å². The molecule has 1 aromatic heterocycles. The molecule has 2 heterocycles. The lowest BCUT2D eigenvalue weighted by atomic mass is 10.0. The molecule has 1 fully saturated rings. The fraction of sp³-hybridized carbons (Fsp3) is 0.583. The van der Waals surface area contributed by atoms with Gasteiger partial charge in [0.2, 0.25) is 10.0 Å². The van der Waals surface area contributed by atoms with E-state index >= 15 is 0 Å². The van der Waals surface area contributed by atoms with Gasteiger partial charge >= 0.3 is 5.97 Å². The number of hydrogen-bond acceptors (Lipinski definition) is 4. The maximum absolute atomic E-state index is 12.1. The number of carbonyl (C=O) groups is 1. The third-order valence-corrected chi connectivity index (χ3v) is 4.80. The molecule has 8 heteroatoms. The second kappa shape index (κ2) is 5.94. The molecule has 112 valence electrons. The number of rotatable bonds is 5. The quantitative estimate of drug-likeness (QED) is 0.822. The molecule has 7 nitrogen and oxygen atoms in total. The molecule has 0 atom stereocenters. The van der Waals surface area contributed by atoms with Crippen molar-refractivity contribution in [1.29, 1.82) is 0 Å².